The highest BCUT2D eigenvalue weighted by Gasteiger charge is 2.16. The molecule has 0 aliphatic heterocycles. The first kappa shape index (κ1) is 53.9. The van der Waals surface area contributed by atoms with Crippen molar-refractivity contribution in [3.8, 4) is 0 Å². The van der Waals surface area contributed by atoms with Gasteiger partial charge in [0.25, 0.3) is 0 Å². The Hall–Kier alpha value is -4.27. The monoisotopic (exact) mass is 851 g/mol. The lowest BCUT2D eigenvalue weighted by Crippen LogP contribution is -2.32. The molecule has 0 radical (unpaired) electrons. The van der Waals surface area contributed by atoms with Gasteiger partial charge < -0.3 is 26.4 Å². The maximum Gasteiger partial charge on any atom is 0.222 e. The van der Waals surface area contributed by atoms with Crippen LogP contribution in [-0.2, 0) is 17.8 Å². The molecule has 0 aliphatic rings. The molecule has 2 rings (SSSR count). The van der Waals surface area contributed by atoms with Crippen LogP contribution >= 0.6 is 0 Å². The van der Waals surface area contributed by atoms with Crippen molar-refractivity contribution < 1.29 is 9.90 Å². The molecule has 2 aromatic rings. The second kappa shape index (κ2) is 31.6. The Morgan fingerprint density at radius 3 is 1.73 bits per heavy atom. The maximum atomic E-state index is 12.6. The molecule has 62 heavy (non-hydrogen) atoms. The molecule has 0 aliphatic carbocycles. The van der Waals surface area contributed by atoms with E-state index in [1.807, 2.05) is 6.92 Å². The lowest BCUT2D eigenvalue weighted by molar-refractivity contribution is -0.121. The highest BCUT2D eigenvalue weighted by atomic mass is 16.3. The van der Waals surface area contributed by atoms with Gasteiger partial charge in [0.05, 0.1) is 0 Å². The average molecular weight is 851 g/mol. The second-order valence-electron chi connectivity index (χ2n) is 18.0. The number of nitrogen functional groups attached to an aromatic ring is 1. The number of carbonyl (C=O) groups is 1. The van der Waals surface area contributed by atoms with Crippen molar-refractivity contribution in [2.75, 3.05) is 37.8 Å². The van der Waals surface area contributed by atoms with E-state index in [1.54, 1.807) is 0 Å². The molecule has 0 unspecified atom stereocenters. The molecule has 1 aromatic heterocycles. The molecule has 1 atom stereocenters. The van der Waals surface area contributed by atoms with Crippen molar-refractivity contribution in [2.45, 2.75) is 178 Å². The minimum Gasteiger partial charge on any atom is -0.396 e. The molecule has 0 bridgehead atoms. The summed E-state index contributed by atoms with van der Waals surface area (Å²) in [7, 11) is 2.09. The normalized spacial score (nSPS) is 13.5. The zero-order chi connectivity index (χ0) is 45.7. The van der Waals surface area contributed by atoms with Crippen molar-refractivity contribution >= 4 is 17.7 Å². The van der Waals surface area contributed by atoms with Crippen LogP contribution in [-0.4, -0.2) is 58.7 Å². The number of aliphatic hydroxyl groups excluding tert-OH is 1. The minimum atomic E-state index is 0.110. The fourth-order valence-electron chi connectivity index (χ4n) is 7.47. The number of allylic oxidation sites excluding steroid dienone is 12. The van der Waals surface area contributed by atoms with E-state index in [0.29, 0.717) is 25.8 Å². The van der Waals surface area contributed by atoms with Crippen molar-refractivity contribution in [3.05, 3.63) is 117 Å². The molecule has 1 amide bonds. The summed E-state index contributed by atoms with van der Waals surface area (Å²) in [6, 6.07) is 8.78. The van der Waals surface area contributed by atoms with Gasteiger partial charge in [-0.1, -0.05) is 108 Å². The van der Waals surface area contributed by atoms with E-state index in [0.717, 1.165) is 107 Å². The number of benzene rings is 1. The van der Waals surface area contributed by atoms with Gasteiger partial charge in [-0.25, -0.2) is 4.98 Å². The molecule has 1 heterocycles. The zero-order valence-electron chi connectivity index (χ0n) is 40.8. The van der Waals surface area contributed by atoms with Crippen LogP contribution < -0.4 is 16.4 Å². The van der Waals surface area contributed by atoms with E-state index in [1.165, 1.54) is 51.0 Å². The third-order valence-corrected chi connectivity index (χ3v) is 11.4. The number of unbranched alkanes of at least 4 members (excludes halogenated alkanes) is 1. The van der Waals surface area contributed by atoms with Gasteiger partial charge in [-0.3, -0.25) is 4.79 Å². The summed E-state index contributed by atoms with van der Waals surface area (Å²) in [5.41, 5.74) is 18.9. The van der Waals surface area contributed by atoms with Crippen LogP contribution in [0.1, 0.15) is 174 Å². The first-order valence-electron chi connectivity index (χ1n) is 23.6. The predicted octanol–water partition coefficient (Wildman–Crippen LogP) is 12.8. The quantitative estimate of drug-likeness (QED) is 0.0441. The molecule has 0 saturated heterocycles. The van der Waals surface area contributed by atoms with Gasteiger partial charge in [-0.15, -0.1) is 0 Å². The Labute approximate surface area is 378 Å². The highest BCUT2D eigenvalue weighted by Crippen LogP contribution is 2.24. The van der Waals surface area contributed by atoms with Gasteiger partial charge in [0.2, 0.25) is 11.9 Å². The summed E-state index contributed by atoms with van der Waals surface area (Å²) in [6.07, 6.45) is 30.1. The van der Waals surface area contributed by atoms with E-state index < -0.39 is 0 Å². The second-order valence-corrected chi connectivity index (χ2v) is 18.0. The van der Waals surface area contributed by atoms with Crippen LogP contribution in [0.2, 0.25) is 0 Å². The summed E-state index contributed by atoms with van der Waals surface area (Å²) in [6.45, 7) is 22.0. The Bertz CT molecular complexity index is 1790. The van der Waals surface area contributed by atoms with Crippen LogP contribution in [0.15, 0.2) is 94.2 Å². The standard InChI is InChI=1S/C54H86N6O2/c1-11-18-50(35-38-61)58-53-51(47(9)57-54(55)59-53)39-48-30-32-49(33-31-48)40-60(10)37-36-56-52(62)34-29-46(8)28-17-27-45(7)26-16-24-43(5)21-13-12-20-42(4)23-15-25-44(6)22-14-19-41(2)3/h19-21,25-26,28,30-33,50,61H,11-18,22-24,27,29,34-40H2,1-10H3,(H,56,62)(H3,55,57,58,59)/b42-20?,43-21?,44-25+,45-26?,46-28?/t50-/m0/s1. The number of aromatic nitrogens is 2. The Morgan fingerprint density at radius 2 is 1.21 bits per heavy atom. The summed E-state index contributed by atoms with van der Waals surface area (Å²) in [5, 5.41) is 16.2. The van der Waals surface area contributed by atoms with Crippen LogP contribution in [0.4, 0.5) is 11.8 Å². The fourth-order valence-corrected chi connectivity index (χ4v) is 7.47. The highest BCUT2D eigenvalue weighted by molar-refractivity contribution is 5.76. The topological polar surface area (TPSA) is 116 Å². The maximum absolute atomic E-state index is 12.6. The van der Waals surface area contributed by atoms with E-state index in [9.17, 15) is 9.90 Å². The number of aryl methyl sites for hydroxylation is 1. The Morgan fingerprint density at radius 1 is 0.710 bits per heavy atom. The first-order valence-corrected chi connectivity index (χ1v) is 23.6. The predicted molar refractivity (Wildman–Crippen MR) is 267 cm³/mol. The summed E-state index contributed by atoms with van der Waals surface area (Å²) >= 11 is 0. The molecule has 0 spiro atoms. The molecule has 5 N–H and O–H groups in total. The van der Waals surface area contributed by atoms with Crippen molar-refractivity contribution in [3.63, 3.8) is 0 Å². The van der Waals surface area contributed by atoms with Crippen molar-refractivity contribution in [1.82, 2.24) is 20.2 Å². The van der Waals surface area contributed by atoms with E-state index in [4.69, 9.17) is 5.73 Å². The Balaban J connectivity index is 1.64. The molecule has 0 fully saturated rings. The van der Waals surface area contributed by atoms with Crippen molar-refractivity contribution in [2.24, 2.45) is 0 Å². The molecule has 8 heteroatoms. The molecular formula is C54H86N6O2. The van der Waals surface area contributed by atoms with Gasteiger partial charge >= 0.3 is 0 Å². The van der Waals surface area contributed by atoms with Crippen LogP contribution in [0.25, 0.3) is 0 Å². The largest absolute Gasteiger partial charge is 0.396 e. The first-order chi connectivity index (χ1) is 29.7. The van der Waals surface area contributed by atoms with Crippen LogP contribution in [0.5, 0.6) is 0 Å². The number of anilines is 2. The van der Waals surface area contributed by atoms with Gasteiger partial charge in [0.15, 0.2) is 0 Å². The number of likely N-dealkylation sites (N-methyl/N-ethyl adjacent to an activating group) is 1. The molecule has 8 nitrogen and oxygen atoms in total. The number of rotatable bonds is 31. The minimum absolute atomic E-state index is 0.110. The average Bonchev–Trinajstić information content (AvgIpc) is 3.20. The summed E-state index contributed by atoms with van der Waals surface area (Å²) < 4.78 is 0. The molecule has 0 saturated carbocycles. The number of hydrogen-bond donors (Lipinski definition) is 4. The molecule has 344 valence electrons. The number of hydrogen-bond acceptors (Lipinski definition) is 7. The number of aliphatic hydroxyl groups is 1. The van der Waals surface area contributed by atoms with Crippen LogP contribution in [0, 0.1) is 6.92 Å². The van der Waals surface area contributed by atoms with E-state index >= 15 is 0 Å². The lowest BCUT2D eigenvalue weighted by atomic mass is 10.0. The third-order valence-electron chi connectivity index (χ3n) is 11.4. The van der Waals surface area contributed by atoms with Gasteiger partial charge in [0.1, 0.15) is 5.82 Å². The third kappa shape index (κ3) is 25.0. The van der Waals surface area contributed by atoms with E-state index in [-0.39, 0.29) is 24.5 Å². The van der Waals surface area contributed by atoms with E-state index in [2.05, 4.69) is 149 Å². The summed E-state index contributed by atoms with van der Waals surface area (Å²) in [5.74, 6) is 1.12. The molecule has 1 aromatic carbocycles. The van der Waals surface area contributed by atoms with Crippen LogP contribution in [0.3, 0.4) is 0 Å². The number of amides is 1. The fraction of sp³-hybridized carbons (Fsp3) is 0.574. The molecular weight excluding hydrogens is 765 g/mol. The van der Waals surface area contributed by atoms with Gasteiger partial charge in [-0.05, 0) is 157 Å². The number of nitrogens with one attached hydrogen (secondary N) is 2. The van der Waals surface area contributed by atoms with Gasteiger partial charge in [-0.2, -0.15) is 4.98 Å². The zero-order valence-corrected chi connectivity index (χ0v) is 40.8. The van der Waals surface area contributed by atoms with Crippen molar-refractivity contribution in [1.29, 1.82) is 0 Å². The summed E-state index contributed by atoms with van der Waals surface area (Å²) in [4.78, 5) is 23.8. The number of nitrogens with two attached hydrogens (primary N) is 1. The SMILES string of the molecule is CCC[C@@H](CCO)Nc1nc(N)nc(C)c1Cc1ccc(CN(C)CCNC(=O)CCC(C)=CCCC(C)=CCCC(C)=CCCC=C(C)CC/C=C(\C)CCC=C(C)C)cc1. The smallest absolute Gasteiger partial charge is 0.222 e. The number of carbonyl (C=O) groups excluding carboxylic acids is 1. The number of nitrogens with zero attached hydrogens (tertiary/aromatic N) is 3. The Kier molecular flexibility index (Phi) is 27.4. The lowest BCUT2D eigenvalue weighted by Gasteiger charge is -2.21. The van der Waals surface area contributed by atoms with Gasteiger partial charge in [0, 0.05) is 56.4 Å².